The van der Waals surface area contributed by atoms with Gasteiger partial charge in [0.1, 0.15) is 17.4 Å². The van der Waals surface area contributed by atoms with E-state index in [0.717, 1.165) is 4.90 Å². The maximum Gasteiger partial charge on any atom is 0.335 e. The summed E-state index contributed by atoms with van der Waals surface area (Å²) in [5.74, 6) is -3.56. The van der Waals surface area contributed by atoms with Gasteiger partial charge in [0.15, 0.2) is 0 Å². The first kappa shape index (κ1) is 18.4. The van der Waals surface area contributed by atoms with E-state index in [4.69, 9.17) is 14.7 Å². The van der Waals surface area contributed by atoms with E-state index in [1.165, 1.54) is 43.5 Å². The Morgan fingerprint density at radius 3 is 2.21 bits per heavy atom. The largest absolute Gasteiger partial charge is 0.497 e. The van der Waals surface area contributed by atoms with Crippen LogP contribution in [0.4, 0.5) is 5.69 Å². The number of Topliss-reactive ketones (excluding diaryl/α,β-unsaturated/α-hetero) is 1. The lowest BCUT2D eigenvalue weighted by Gasteiger charge is -2.15. The summed E-state index contributed by atoms with van der Waals surface area (Å²) < 4.78 is 5.05. The van der Waals surface area contributed by atoms with E-state index in [2.05, 4.69) is 5.16 Å². The predicted octanol–water partition coefficient (Wildman–Crippen LogP) is 1.52. The minimum Gasteiger partial charge on any atom is -0.497 e. The number of benzene rings is 2. The molecule has 0 radical (unpaired) electrons. The lowest BCUT2D eigenvalue weighted by atomic mass is 9.93. The van der Waals surface area contributed by atoms with Gasteiger partial charge in [-0.25, -0.2) is 9.69 Å². The zero-order valence-electron chi connectivity index (χ0n) is 15.1. The molecule has 0 unspecified atom stereocenters. The molecule has 2 heterocycles. The van der Waals surface area contributed by atoms with E-state index >= 15 is 0 Å². The van der Waals surface area contributed by atoms with Gasteiger partial charge in [-0.15, -0.1) is 0 Å². The highest BCUT2D eigenvalue weighted by atomic mass is 16.7. The maximum absolute atomic E-state index is 12.9. The molecule has 0 bridgehead atoms. The number of methoxy groups -OCH3 is 1. The van der Waals surface area contributed by atoms with Crippen molar-refractivity contribution in [2.24, 2.45) is 11.1 Å². The monoisotopic (exact) mass is 394 g/mol. The molecule has 0 saturated carbocycles. The van der Waals surface area contributed by atoms with Crippen LogP contribution in [-0.2, 0) is 14.4 Å². The number of rotatable bonds is 5. The first-order chi connectivity index (χ1) is 13.9. The number of carboxylic acid groups (broad SMARTS) is 1. The average molecular weight is 394 g/mol. The molecular weight excluding hydrogens is 380 g/mol. The van der Waals surface area contributed by atoms with E-state index in [1.807, 2.05) is 0 Å². The van der Waals surface area contributed by atoms with E-state index < -0.39 is 35.6 Å². The summed E-state index contributed by atoms with van der Waals surface area (Å²) in [6.45, 7) is 0. The molecule has 2 atom stereocenters. The van der Waals surface area contributed by atoms with Gasteiger partial charge < -0.3 is 14.7 Å². The molecule has 146 valence electrons. The summed E-state index contributed by atoms with van der Waals surface area (Å²) in [5, 5.41) is 12.7. The summed E-state index contributed by atoms with van der Waals surface area (Å²) in [6.07, 6.45) is -1.22. The van der Waals surface area contributed by atoms with Crippen LogP contribution in [0.5, 0.6) is 5.75 Å². The normalized spacial score (nSPS) is 20.2. The van der Waals surface area contributed by atoms with Crippen LogP contribution in [0.1, 0.15) is 20.7 Å². The SMILES string of the molecule is COc1ccc(C(=O)C2=NO[C@H]3C(=O)N(c4ccc(C(=O)O)cc4)C(=O)[C@H]23)cc1. The average Bonchev–Trinajstić information content (AvgIpc) is 3.28. The zero-order valence-corrected chi connectivity index (χ0v) is 15.1. The quantitative estimate of drug-likeness (QED) is 0.602. The topological polar surface area (TPSA) is 123 Å². The van der Waals surface area contributed by atoms with Gasteiger partial charge in [0.2, 0.25) is 17.8 Å². The smallest absolute Gasteiger partial charge is 0.335 e. The number of aromatic carboxylic acids is 1. The summed E-state index contributed by atoms with van der Waals surface area (Å²) >= 11 is 0. The van der Waals surface area contributed by atoms with Crippen molar-refractivity contribution in [3.05, 3.63) is 59.7 Å². The first-order valence-electron chi connectivity index (χ1n) is 8.56. The van der Waals surface area contributed by atoms with Crippen molar-refractivity contribution < 1.29 is 33.9 Å². The van der Waals surface area contributed by atoms with Crippen LogP contribution < -0.4 is 9.64 Å². The number of hydrogen-bond acceptors (Lipinski definition) is 7. The van der Waals surface area contributed by atoms with Crippen molar-refractivity contribution in [3.8, 4) is 5.75 Å². The summed E-state index contributed by atoms with van der Waals surface area (Å²) in [6, 6.07) is 11.5. The minimum absolute atomic E-state index is 0.0150. The van der Waals surface area contributed by atoms with Gasteiger partial charge in [0.25, 0.3) is 5.91 Å². The fraction of sp³-hybridized carbons (Fsp3) is 0.150. The Kier molecular flexibility index (Phi) is 4.34. The number of hydrogen-bond donors (Lipinski definition) is 1. The predicted molar refractivity (Wildman–Crippen MR) is 99.0 cm³/mol. The number of imide groups is 1. The number of oxime groups is 1. The summed E-state index contributed by atoms with van der Waals surface area (Å²) in [7, 11) is 1.50. The number of ether oxygens (including phenoxy) is 1. The lowest BCUT2D eigenvalue weighted by Crippen LogP contribution is -2.34. The number of amides is 2. The third-order valence-corrected chi connectivity index (χ3v) is 4.77. The highest BCUT2D eigenvalue weighted by Crippen LogP contribution is 2.34. The molecule has 1 saturated heterocycles. The standard InChI is InChI=1S/C20H14N2O7/c1-28-13-8-4-10(5-9-13)16(23)15-14-17(29-21-15)19(25)22(18(14)24)12-6-2-11(3-7-12)20(26)27/h2-9,14,17H,1H3,(H,26,27)/t14-,17-/m1/s1. The fourth-order valence-electron chi connectivity index (χ4n) is 3.26. The fourth-order valence-corrected chi connectivity index (χ4v) is 3.26. The number of carboxylic acids is 1. The molecule has 0 aliphatic carbocycles. The molecule has 2 aromatic rings. The second-order valence-corrected chi connectivity index (χ2v) is 6.40. The number of anilines is 1. The zero-order chi connectivity index (χ0) is 20.7. The van der Waals surface area contributed by atoms with Crippen LogP contribution in [0.3, 0.4) is 0 Å². The molecule has 9 heteroatoms. The lowest BCUT2D eigenvalue weighted by molar-refractivity contribution is -0.126. The molecule has 2 aliphatic heterocycles. The molecular formula is C20H14N2O7. The molecule has 9 nitrogen and oxygen atoms in total. The Hall–Kier alpha value is -4.01. The van der Waals surface area contributed by atoms with Gasteiger partial charge >= 0.3 is 5.97 Å². The Bertz CT molecular complexity index is 1060. The number of ketones is 1. The van der Waals surface area contributed by atoms with Crippen molar-refractivity contribution in [2.75, 3.05) is 12.0 Å². The molecule has 29 heavy (non-hydrogen) atoms. The van der Waals surface area contributed by atoms with Crippen molar-refractivity contribution in [1.29, 1.82) is 0 Å². The molecule has 0 aromatic heterocycles. The van der Waals surface area contributed by atoms with Crippen LogP contribution >= 0.6 is 0 Å². The van der Waals surface area contributed by atoms with Crippen molar-refractivity contribution >= 4 is 35.0 Å². The van der Waals surface area contributed by atoms with E-state index in [-0.39, 0.29) is 22.5 Å². The molecule has 2 amide bonds. The van der Waals surface area contributed by atoms with Gasteiger partial charge in [-0.05, 0) is 48.5 Å². The Labute approximate surface area is 164 Å². The van der Waals surface area contributed by atoms with Crippen molar-refractivity contribution in [1.82, 2.24) is 0 Å². The minimum atomic E-state index is -1.22. The van der Waals surface area contributed by atoms with Crippen LogP contribution in [0.15, 0.2) is 53.7 Å². The van der Waals surface area contributed by atoms with Crippen molar-refractivity contribution in [3.63, 3.8) is 0 Å². The van der Waals surface area contributed by atoms with E-state index in [0.29, 0.717) is 5.75 Å². The van der Waals surface area contributed by atoms with E-state index in [1.54, 1.807) is 12.1 Å². The summed E-state index contributed by atoms with van der Waals surface area (Å²) in [4.78, 5) is 55.4. The second-order valence-electron chi connectivity index (χ2n) is 6.40. The van der Waals surface area contributed by atoms with Gasteiger partial charge in [0.05, 0.1) is 18.4 Å². The van der Waals surface area contributed by atoms with E-state index in [9.17, 15) is 19.2 Å². The third kappa shape index (κ3) is 2.92. The molecule has 2 aliphatic rings. The first-order valence-corrected chi connectivity index (χ1v) is 8.56. The number of carbonyl (C=O) groups is 4. The number of nitrogens with zero attached hydrogens (tertiary/aromatic N) is 2. The molecule has 1 fully saturated rings. The Morgan fingerprint density at radius 1 is 1.00 bits per heavy atom. The van der Waals surface area contributed by atoms with Crippen LogP contribution in [0.25, 0.3) is 0 Å². The second kappa shape index (κ2) is 6.86. The molecule has 0 spiro atoms. The molecule has 4 rings (SSSR count). The van der Waals surface area contributed by atoms with Crippen LogP contribution in [0.2, 0.25) is 0 Å². The van der Waals surface area contributed by atoms with Gasteiger partial charge in [-0.2, -0.15) is 0 Å². The highest BCUT2D eigenvalue weighted by molar-refractivity contribution is 6.52. The van der Waals surface area contributed by atoms with Gasteiger partial charge in [0, 0.05) is 5.56 Å². The number of carbonyl (C=O) groups excluding carboxylic acids is 3. The summed E-state index contributed by atoms with van der Waals surface area (Å²) in [5.41, 5.74) is 0.335. The Morgan fingerprint density at radius 2 is 1.62 bits per heavy atom. The highest BCUT2D eigenvalue weighted by Gasteiger charge is 2.57. The van der Waals surface area contributed by atoms with Gasteiger partial charge in [-0.3, -0.25) is 14.4 Å². The Balaban J connectivity index is 1.61. The van der Waals surface area contributed by atoms with Crippen LogP contribution in [-0.4, -0.2) is 47.6 Å². The van der Waals surface area contributed by atoms with Crippen molar-refractivity contribution in [2.45, 2.75) is 6.10 Å². The third-order valence-electron chi connectivity index (χ3n) is 4.77. The maximum atomic E-state index is 12.9. The number of fused-ring (bicyclic) bond motifs is 1. The van der Waals surface area contributed by atoms with Gasteiger partial charge in [-0.1, -0.05) is 5.16 Å². The molecule has 2 aromatic carbocycles. The molecule has 1 N–H and O–H groups in total. The van der Waals surface area contributed by atoms with Crippen LogP contribution in [0, 0.1) is 5.92 Å².